The second-order valence-corrected chi connectivity index (χ2v) is 7.43. The molecule has 0 amide bonds. The Morgan fingerprint density at radius 2 is 1.77 bits per heavy atom. The summed E-state index contributed by atoms with van der Waals surface area (Å²) in [6.45, 7) is 0. The number of pyridine rings is 3. The largest absolute Gasteiger partial charge is 0.271 e. The maximum atomic E-state index is 13.3. The van der Waals surface area contributed by atoms with Gasteiger partial charge in [0.2, 0.25) is 0 Å². The molecule has 0 spiro atoms. The van der Waals surface area contributed by atoms with Crippen molar-refractivity contribution in [1.29, 1.82) is 0 Å². The van der Waals surface area contributed by atoms with Crippen molar-refractivity contribution in [3.63, 3.8) is 0 Å². The maximum absolute atomic E-state index is 13.3. The van der Waals surface area contributed by atoms with Gasteiger partial charge in [-0.25, -0.2) is 4.98 Å². The van der Waals surface area contributed by atoms with E-state index in [9.17, 15) is 14.9 Å². The summed E-state index contributed by atoms with van der Waals surface area (Å²) in [5.74, 6) is 0. The van der Waals surface area contributed by atoms with Crippen LogP contribution in [0.3, 0.4) is 0 Å². The quantitative estimate of drug-likeness (QED) is 0.238. The first-order chi connectivity index (χ1) is 15.1. The van der Waals surface area contributed by atoms with Crippen molar-refractivity contribution in [2.45, 2.75) is 32.1 Å². The summed E-state index contributed by atoms with van der Waals surface area (Å²) in [6.07, 6.45) is 9.79. The smallest absolute Gasteiger partial charge is 0.269 e. The lowest BCUT2D eigenvalue weighted by Crippen LogP contribution is -2.23. The van der Waals surface area contributed by atoms with Crippen molar-refractivity contribution in [1.82, 2.24) is 14.5 Å². The maximum Gasteiger partial charge on any atom is 0.271 e. The van der Waals surface area contributed by atoms with Crippen LogP contribution < -0.4 is 5.56 Å². The molecule has 0 N–H and O–H groups in total. The molecule has 3 heterocycles. The monoisotopic (exact) mass is 414 g/mol. The minimum absolute atomic E-state index is 0.0608. The van der Waals surface area contributed by atoms with Crippen molar-refractivity contribution < 1.29 is 4.92 Å². The molecule has 31 heavy (non-hydrogen) atoms. The summed E-state index contributed by atoms with van der Waals surface area (Å²) in [7, 11) is 0. The zero-order chi connectivity index (χ0) is 21.6. The van der Waals surface area contributed by atoms with Crippen molar-refractivity contribution in [2.75, 3.05) is 0 Å². The fraction of sp³-hybridized carbons (Fsp3) is 0.208. The fourth-order valence-electron chi connectivity index (χ4n) is 3.73. The Labute approximate surface area is 179 Å². The number of aryl methyl sites for hydroxylation is 2. The van der Waals surface area contributed by atoms with E-state index in [-0.39, 0.29) is 11.2 Å². The van der Waals surface area contributed by atoms with Crippen LogP contribution in [0.4, 0.5) is 5.69 Å². The van der Waals surface area contributed by atoms with Gasteiger partial charge in [-0.3, -0.25) is 24.5 Å². The van der Waals surface area contributed by atoms with Gasteiger partial charge in [0.1, 0.15) is 5.65 Å². The zero-order valence-corrected chi connectivity index (χ0v) is 17.0. The molecule has 0 radical (unpaired) electrons. The highest BCUT2D eigenvalue weighted by Crippen LogP contribution is 2.20. The van der Waals surface area contributed by atoms with Crippen molar-refractivity contribution in [3.8, 4) is 5.69 Å². The number of benzene rings is 1. The lowest BCUT2D eigenvalue weighted by molar-refractivity contribution is -0.384. The first kappa shape index (κ1) is 20.4. The van der Waals surface area contributed by atoms with Gasteiger partial charge in [0.25, 0.3) is 11.2 Å². The summed E-state index contributed by atoms with van der Waals surface area (Å²) < 4.78 is 1.48. The average molecular weight is 414 g/mol. The van der Waals surface area contributed by atoms with Crippen molar-refractivity contribution in [2.24, 2.45) is 0 Å². The highest BCUT2D eigenvalue weighted by Gasteiger charge is 2.14. The minimum Gasteiger partial charge on any atom is -0.269 e. The van der Waals surface area contributed by atoms with E-state index < -0.39 is 4.92 Å². The predicted octanol–water partition coefficient (Wildman–Crippen LogP) is 4.64. The molecule has 3 aromatic heterocycles. The number of fused-ring (bicyclic) bond motifs is 1. The standard InChI is InChI=1S/C24H22N4O3/c29-24-20(9-3-1-2-7-18-8-5-13-25-17-18)15-19-10-6-14-26-23(19)27(24)21-11-4-12-22(16-21)28(30)31/h4-6,8,10-17H,1-3,7,9H2. The Balaban J connectivity index is 1.58. The van der Waals surface area contributed by atoms with Crippen LogP contribution in [0.1, 0.15) is 30.4 Å². The third-order valence-corrected chi connectivity index (χ3v) is 5.27. The van der Waals surface area contributed by atoms with Gasteiger partial charge in [-0.1, -0.05) is 18.6 Å². The normalized spacial score (nSPS) is 11.0. The third kappa shape index (κ3) is 4.66. The Morgan fingerprint density at radius 3 is 2.58 bits per heavy atom. The highest BCUT2D eigenvalue weighted by molar-refractivity contribution is 5.77. The molecule has 0 atom stereocenters. The predicted molar refractivity (Wildman–Crippen MR) is 119 cm³/mol. The molecule has 0 unspecified atom stereocenters. The molecule has 0 saturated carbocycles. The lowest BCUT2D eigenvalue weighted by Gasteiger charge is -2.12. The topological polar surface area (TPSA) is 90.9 Å². The molecule has 7 nitrogen and oxygen atoms in total. The highest BCUT2D eigenvalue weighted by atomic mass is 16.6. The van der Waals surface area contributed by atoms with E-state index in [2.05, 4.69) is 16.0 Å². The number of nitro benzene ring substituents is 1. The number of nitro groups is 1. The molecule has 0 bridgehead atoms. The first-order valence-electron chi connectivity index (χ1n) is 10.3. The number of aromatic nitrogens is 3. The first-order valence-corrected chi connectivity index (χ1v) is 10.3. The molecule has 0 aliphatic rings. The number of rotatable bonds is 8. The molecule has 4 rings (SSSR count). The summed E-state index contributed by atoms with van der Waals surface area (Å²) in [5.41, 5.74) is 2.60. The minimum atomic E-state index is -0.462. The van der Waals surface area contributed by atoms with Gasteiger partial charge >= 0.3 is 0 Å². The number of hydrogen-bond donors (Lipinski definition) is 0. The molecule has 0 saturated heterocycles. The Hall–Kier alpha value is -3.87. The summed E-state index contributed by atoms with van der Waals surface area (Å²) in [4.78, 5) is 32.5. The Kier molecular flexibility index (Phi) is 6.12. The van der Waals surface area contributed by atoms with E-state index in [1.165, 1.54) is 22.3 Å². The Bertz CT molecular complexity index is 1270. The molecule has 1 aromatic carbocycles. The van der Waals surface area contributed by atoms with Crippen LogP contribution in [0.25, 0.3) is 16.7 Å². The number of hydrogen-bond acceptors (Lipinski definition) is 5. The molecular weight excluding hydrogens is 392 g/mol. The van der Waals surface area contributed by atoms with Crippen LogP contribution in [0.2, 0.25) is 0 Å². The molecule has 7 heteroatoms. The molecule has 4 aromatic rings. The van der Waals surface area contributed by atoms with Gasteiger partial charge in [-0.15, -0.1) is 0 Å². The lowest BCUT2D eigenvalue weighted by atomic mass is 10.0. The average Bonchev–Trinajstić information content (AvgIpc) is 2.80. The summed E-state index contributed by atoms with van der Waals surface area (Å²) in [6, 6.07) is 15.7. The van der Waals surface area contributed by atoms with E-state index in [1.54, 1.807) is 24.5 Å². The fourth-order valence-corrected chi connectivity index (χ4v) is 3.73. The third-order valence-electron chi connectivity index (χ3n) is 5.27. The second-order valence-electron chi connectivity index (χ2n) is 7.43. The van der Waals surface area contributed by atoms with E-state index in [0.717, 1.165) is 31.1 Å². The molecule has 0 aliphatic carbocycles. The van der Waals surface area contributed by atoms with Crippen molar-refractivity contribution in [3.05, 3.63) is 105 Å². The van der Waals surface area contributed by atoms with Gasteiger partial charge in [0.15, 0.2) is 0 Å². The van der Waals surface area contributed by atoms with Crippen LogP contribution in [-0.4, -0.2) is 19.5 Å². The zero-order valence-electron chi connectivity index (χ0n) is 17.0. The van der Waals surface area contributed by atoms with E-state index >= 15 is 0 Å². The van der Waals surface area contributed by atoms with Gasteiger partial charge in [0.05, 0.1) is 10.6 Å². The molecular formula is C24H22N4O3. The van der Waals surface area contributed by atoms with Crippen molar-refractivity contribution >= 4 is 16.7 Å². The van der Waals surface area contributed by atoms with Gasteiger partial charge in [-0.05, 0) is 61.6 Å². The van der Waals surface area contributed by atoms with Gasteiger partial charge in [0, 0.05) is 41.7 Å². The molecule has 156 valence electrons. The molecule has 0 fully saturated rings. The van der Waals surface area contributed by atoms with E-state index in [0.29, 0.717) is 23.3 Å². The number of unbranched alkanes of at least 4 members (excludes halogenated alkanes) is 2. The number of nitrogens with zero attached hydrogens (tertiary/aromatic N) is 4. The van der Waals surface area contributed by atoms with Crippen LogP contribution in [0.5, 0.6) is 0 Å². The van der Waals surface area contributed by atoms with Crippen LogP contribution in [0.15, 0.2) is 78.0 Å². The second kappa shape index (κ2) is 9.30. The van der Waals surface area contributed by atoms with Gasteiger partial charge < -0.3 is 0 Å². The van der Waals surface area contributed by atoms with Crippen LogP contribution in [-0.2, 0) is 12.8 Å². The van der Waals surface area contributed by atoms with Gasteiger partial charge in [-0.2, -0.15) is 0 Å². The van der Waals surface area contributed by atoms with Crippen LogP contribution in [0, 0.1) is 10.1 Å². The van der Waals surface area contributed by atoms with E-state index in [1.807, 2.05) is 30.5 Å². The van der Waals surface area contributed by atoms with E-state index in [4.69, 9.17) is 0 Å². The van der Waals surface area contributed by atoms with Crippen LogP contribution >= 0.6 is 0 Å². The Morgan fingerprint density at radius 1 is 0.935 bits per heavy atom. The SMILES string of the molecule is O=c1c(CCCCCc2cccnc2)cc2cccnc2n1-c1cccc([N+](=O)[O-])c1. The summed E-state index contributed by atoms with van der Waals surface area (Å²) in [5, 5.41) is 12.0. The molecule has 0 aliphatic heterocycles. The summed E-state index contributed by atoms with van der Waals surface area (Å²) >= 11 is 0. The number of non-ortho nitro benzene ring substituents is 1.